The van der Waals surface area contributed by atoms with Gasteiger partial charge in [0.1, 0.15) is 5.82 Å². The quantitative estimate of drug-likeness (QED) is 0.808. The molecule has 1 atom stereocenters. The number of thioether (sulfide) groups is 1. The van der Waals surface area contributed by atoms with Gasteiger partial charge in [-0.1, -0.05) is 6.07 Å². The molecule has 0 saturated heterocycles. The lowest BCUT2D eigenvalue weighted by molar-refractivity contribution is -0.119. The highest BCUT2D eigenvalue weighted by molar-refractivity contribution is 8.00. The lowest BCUT2D eigenvalue weighted by atomic mass is 10.1. The zero-order valence-electron chi connectivity index (χ0n) is 10.9. The van der Waals surface area contributed by atoms with Crippen LogP contribution >= 0.6 is 11.8 Å². The molecule has 1 rings (SSSR count). The van der Waals surface area contributed by atoms with Crippen molar-refractivity contribution in [3.63, 3.8) is 0 Å². The minimum atomic E-state index is -0.327. The molecule has 0 heterocycles. The van der Waals surface area contributed by atoms with Gasteiger partial charge in [-0.3, -0.25) is 4.79 Å². The maximum Gasteiger partial charge on any atom is 0.230 e. The summed E-state index contributed by atoms with van der Waals surface area (Å²) in [6.45, 7) is 5.58. The van der Waals surface area contributed by atoms with Crippen molar-refractivity contribution in [1.29, 1.82) is 0 Å². The molecule has 0 radical (unpaired) electrons. The Morgan fingerprint density at radius 3 is 2.61 bits per heavy atom. The van der Waals surface area contributed by atoms with Crippen LogP contribution in [0.3, 0.4) is 0 Å². The molecular formula is C13H19FN2OS. The molecule has 0 fully saturated rings. The maximum atomic E-state index is 13.7. The lowest BCUT2D eigenvalue weighted by Crippen LogP contribution is -2.31. The van der Waals surface area contributed by atoms with Crippen molar-refractivity contribution in [3.8, 4) is 0 Å². The smallest absolute Gasteiger partial charge is 0.230 e. The number of carbonyl (C=O) groups excluding carboxylic acids is 1. The van der Waals surface area contributed by atoms with Crippen LogP contribution < -0.4 is 11.1 Å². The molecule has 1 amide bonds. The molecule has 100 valence electrons. The molecule has 1 unspecified atom stereocenters. The SMILES string of the molecule is CC(C)NC(=O)CSc1ccc(C(C)N)cc1F. The van der Waals surface area contributed by atoms with Gasteiger partial charge in [-0.15, -0.1) is 11.8 Å². The lowest BCUT2D eigenvalue weighted by Gasteiger charge is -2.10. The normalized spacial score (nSPS) is 12.6. The third-order valence-electron chi connectivity index (χ3n) is 2.29. The summed E-state index contributed by atoms with van der Waals surface area (Å²) in [7, 11) is 0. The van der Waals surface area contributed by atoms with Crippen molar-refractivity contribution in [2.75, 3.05) is 5.75 Å². The fraction of sp³-hybridized carbons (Fsp3) is 0.462. The van der Waals surface area contributed by atoms with Crippen molar-refractivity contribution in [2.45, 2.75) is 37.8 Å². The summed E-state index contributed by atoms with van der Waals surface area (Å²) in [5, 5.41) is 2.76. The second-order valence-electron chi connectivity index (χ2n) is 4.49. The van der Waals surface area contributed by atoms with Gasteiger partial charge in [-0.05, 0) is 38.5 Å². The van der Waals surface area contributed by atoms with Crippen LogP contribution in [0.1, 0.15) is 32.4 Å². The first-order chi connectivity index (χ1) is 8.40. The Morgan fingerprint density at radius 2 is 2.11 bits per heavy atom. The molecular weight excluding hydrogens is 251 g/mol. The Kier molecular flexibility index (Phi) is 5.62. The monoisotopic (exact) mass is 270 g/mol. The highest BCUT2D eigenvalue weighted by Gasteiger charge is 2.09. The summed E-state index contributed by atoms with van der Waals surface area (Å²) in [6.07, 6.45) is 0. The van der Waals surface area contributed by atoms with E-state index in [1.165, 1.54) is 17.8 Å². The van der Waals surface area contributed by atoms with E-state index in [4.69, 9.17) is 5.73 Å². The predicted molar refractivity (Wildman–Crippen MR) is 73.0 cm³/mol. The van der Waals surface area contributed by atoms with Gasteiger partial charge < -0.3 is 11.1 Å². The van der Waals surface area contributed by atoms with Crippen LogP contribution in [0.4, 0.5) is 4.39 Å². The number of benzene rings is 1. The molecule has 3 N–H and O–H groups in total. The molecule has 0 aliphatic rings. The van der Waals surface area contributed by atoms with E-state index >= 15 is 0 Å². The average molecular weight is 270 g/mol. The number of amides is 1. The van der Waals surface area contributed by atoms with Gasteiger partial charge in [-0.25, -0.2) is 4.39 Å². The van der Waals surface area contributed by atoms with E-state index in [1.807, 2.05) is 13.8 Å². The first kappa shape index (κ1) is 15.0. The van der Waals surface area contributed by atoms with Gasteiger partial charge in [0.2, 0.25) is 5.91 Å². The molecule has 18 heavy (non-hydrogen) atoms. The minimum absolute atomic E-state index is 0.0920. The molecule has 0 spiro atoms. The topological polar surface area (TPSA) is 55.1 Å². The van der Waals surface area contributed by atoms with Crippen LogP contribution in [0.2, 0.25) is 0 Å². The fourth-order valence-corrected chi connectivity index (χ4v) is 2.16. The van der Waals surface area contributed by atoms with Crippen molar-refractivity contribution in [1.82, 2.24) is 5.32 Å². The number of carbonyl (C=O) groups is 1. The van der Waals surface area contributed by atoms with Gasteiger partial charge in [0, 0.05) is 17.0 Å². The minimum Gasteiger partial charge on any atom is -0.353 e. The number of halogens is 1. The van der Waals surface area contributed by atoms with E-state index in [0.717, 1.165) is 5.56 Å². The van der Waals surface area contributed by atoms with Crippen LogP contribution in [-0.2, 0) is 4.79 Å². The molecule has 0 saturated carbocycles. The van der Waals surface area contributed by atoms with Gasteiger partial charge in [0.25, 0.3) is 0 Å². The molecule has 1 aromatic carbocycles. The van der Waals surface area contributed by atoms with Crippen molar-refractivity contribution in [2.24, 2.45) is 5.73 Å². The fourth-order valence-electron chi connectivity index (χ4n) is 1.42. The zero-order chi connectivity index (χ0) is 13.7. The summed E-state index contributed by atoms with van der Waals surface area (Å²) in [5.74, 6) is -0.204. The maximum absolute atomic E-state index is 13.7. The first-order valence-electron chi connectivity index (χ1n) is 5.87. The Balaban J connectivity index is 2.60. The number of hydrogen-bond acceptors (Lipinski definition) is 3. The van der Waals surface area contributed by atoms with Gasteiger partial charge in [0.15, 0.2) is 0 Å². The predicted octanol–water partition coefficient (Wildman–Crippen LogP) is 2.46. The molecule has 5 heteroatoms. The second kappa shape index (κ2) is 6.75. The zero-order valence-corrected chi connectivity index (χ0v) is 11.7. The molecule has 1 aromatic rings. The number of nitrogens with one attached hydrogen (secondary N) is 1. The van der Waals surface area contributed by atoms with Gasteiger partial charge >= 0.3 is 0 Å². The van der Waals surface area contributed by atoms with E-state index in [-0.39, 0.29) is 29.6 Å². The first-order valence-corrected chi connectivity index (χ1v) is 6.86. The molecule has 0 bridgehead atoms. The summed E-state index contributed by atoms with van der Waals surface area (Å²) in [5.41, 5.74) is 6.43. The third-order valence-corrected chi connectivity index (χ3v) is 3.34. The molecule has 0 aliphatic heterocycles. The Labute approximate surface area is 111 Å². The van der Waals surface area contributed by atoms with Crippen molar-refractivity contribution in [3.05, 3.63) is 29.6 Å². The van der Waals surface area contributed by atoms with Crippen LogP contribution in [0.5, 0.6) is 0 Å². The third kappa shape index (κ3) is 4.66. The summed E-state index contributed by atoms with van der Waals surface area (Å²) in [6, 6.07) is 4.79. The Morgan fingerprint density at radius 1 is 1.44 bits per heavy atom. The second-order valence-corrected chi connectivity index (χ2v) is 5.51. The number of hydrogen-bond donors (Lipinski definition) is 2. The Bertz CT molecular complexity index is 421. The van der Waals surface area contributed by atoms with E-state index in [9.17, 15) is 9.18 Å². The summed E-state index contributed by atoms with van der Waals surface area (Å²) in [4.78, 5) is 11.9. The number of nitrogens with two attached hydrogens (primary N) is 1. The van der Waals surface area contributed by atoms with E-state index in [0.29, 0.717) is 4.90 Å². The van der Waals surface area contributed by atoms with Crippen molar-refractivity contribution >= 4 is 17.7 Å². The standard InChI is InChI=1S/C13H19FN2OS/c1-8(2)16-13(17)7-18-12-5-4-10(9(3)15)6-11(12)14/h4-6,8-9H,7,15H2,1-3H3,(H,16,17). The number of rotatable bonds is 5. The summed E-state index contributed by atoms with van der Waals surface area (Å²) < 4.78 is 13.7. The van der Waals surface area contributed by atoms with E-state index in [2.05, 4.69) is 5.32 Å². The van der Waals surface area contributed by atoms with E-state index < -0.39 is 0 Å². The Hall–Kier alpha value is -1.07. The van der Waals surface area contributed by atoms with Crippen LogP contribution in [0.25, 0.3) is 0 Å². The molecule has 0 aliphatic carbocycles. The van der Waals surface area contributed by atoms with E-state index in [1.54, 1.807) is 19.1 Å². The van der Waals surface area contributed by atoms with Crippen molar-refractivity contribution < 1.29 is 9.18 Å². The van der Waals surface area contributed by atoms with Gasteiger partial charge in [0.05, 0.1) is 5.75 Å². The largest absolute Gasteiger partial charge is 0.353 e. The van der Waals surface area contributed by atoms with Crippen LogP contribution in [0.15, 0.2) is 23.1 Å². The highest BCUT2D eigenvalue weighted by atomic mass is 32.2. The highest BCUT2D eigenvalue weighted by Crippen LogP contribution is 2.24. The summed E-state index contributed by atoms with van der Waals surface area (Å²) >= 11 is 1.19. The molecule has 0 aromatic heterocycles. The average Bonchev–Trinajstić information content (AvgIpc) is 2.26. The van der Waals surface area contributed by atoms with Crippen LogP contribution in [-0.4, -0.2) is 17.7 Å². The van der Waals surface area contributed by atoms with Crippen LogP contribution in [0, 0.1) is 5.82 Å². The van der Waals surface area contributed by atoms with Gasteiger partial charge in [-0.2, -0.15) is 0 Å². The molecule has 3 nitrogen and oxygen atoms in total.